The Morgan fingerprint density at radius 2 is 1.86 bits per heavy atom. The molecule has 2 N–H and O–H groups in total. The molecule has 7 heteroatoms. The fraction of sp³-hybridized carbons (Fsp3) is 0.429. The molecule has 152 valence electrons. The van der Waals surface area contributed by atoms with Crippen LogP contribution in [0.15, 0.2) is 34.9 Å². The predicted octanol–water partition coefficient (Wildman–Crippen LogP) is 4.44. The highest BCUT2D eigenvalue weighted by Gasteiger charge is 2.32. The fourth-order valence-electron chi connectivity index (χ4n) is 4.14. The number of aliphatic hydroxyl groups is 1. The van der Waals surface area contributed by atoms with Crippen molar-refractivity contribution in [2.75, 3.05) is 20.2 Å². The SMILES string of the molecule is CO.Clc1ccc2c(c1)CCc1cc(Br)cnc1C2C1CCNCC1.O=CS. The highest BCUT2D eigenvalue weighted by atomic mass is 79.9. The van der Waals surface area contributed by atoms with E-state index in [4.69, 9.17) is 26.5 Å². The van der Waals surface area contributed by atoms with E-state index in [1.165, 1.54) is 35.2 Å². The molecule has 0 bridgehead atoms. The molecule has 1 aliphatic heterocycles. The lowest BCUT2D eigenvalue weighted by Crippen LogP contribution is -2.31. The molecule has 1 unspecified atom stereocenters. The number of rotatable bonds is 1. The van der Waals surface area contributed by atoms with E-state index in [0.717, 1.165) is 42.5 Å². The number of benzene rings is 1. The highest BCUT2D eigenvalue weighted by molar-refractivity contribution is 9.10. The normalized spacial score (nSPS) is 18.2. The van der Waals surface area contributed by atoms with E-state index in [2.05, 4.69) is 52.1 Å². The number of fused-ring (bicyclic) bond motifs is 2. The van der Waals surface area contributed by atoms with E-state index in [9.17, 15) is 0 Å². The molecule has 1 aromatic carbocycles. The summed E-state index contributed by atoms with van der Waals surface area (Å²) in [5.41, 5.74) is 5.95. The number of nitrogens with one attached hydrogen (secondary N) is 1. The topological polar surface area (TPSA) is 62.2 Å². The summed E-state index contributed by atoms with van der Waals surface area (Å²) in [7, 11) is 1.00. The summed E-state index contributed by atoms with van der Waals surface area (Å²) in [5.74, 6) is 1.05. The van der Waals surface area contributed by atoms with Gasteiger partial charge >= 0.3 is 0 Å². The Morgan fingerprint density at radius 3 is 2.54 bits per heavy atom. The van der Waals surface area contributed by atoms with Gasteiger partial charge in [-0.2, -0.15) is 0 Å². The minimum absolute atomic E-state index is 0.398. The molecule has 0 saturated carbocycles. The molecule has 28 heavy (non-hydrogen) atoms. The molecule has 1 saturated heterocycles. The number of pyridine rings is 1. The van der Waals surface area contributed by atoms with Crippen LogP contribution in [0, 0.1) is 5.92 Å². The number of piperidine rings is 1. The summed E-state index contributed by atoms with van der Waals surface area (Å²) in [4.78, 5) is 13.5. The number of thiol groups is 1. The van der Waals surface area contributed by atoms with Crippen LogP contribution in [0.2, 0.25) is 5.02 Å². The Labute approximate surface area is 185 Å². The first-order valence-electron chi connectivity index (χ1n) is 9.30. The molecule has 1 aliphatic carbocycles. The highest BCUT2D eigenvalue weighted by Crippen LogP contribution is 2.42. The van der Waals surface area contributed by atoms with Crippen LogP contribution < -0.4 is 5.32 Å². The van der Waals surface area contributed by atoms with E-state index < -0.39 is 0 Å². The molecule has 1 atom stereocenters. The van der Waals surface area contributed by atoms with Gasteiger partial charge in [0, 0.05) is 28.7 Å². The maximum atomic E-state index is 8.67. The number of aliphatic hydroxyl groups excluding tert-OH is 1. The van der Waals surface area contributed by atoms with Crippen LogP contribution in [-0.4, -0.2) is 35.9 Å². The van der Waals surface area contributed by atoms with Crippen molar-refractivity contribution in [2.45, 2.75) is 31.6 Å². The summed E-state index contributed by atoms with van der Waals surface area (Å²) in [5, 5.41) is 11.3. The largest absolute Gasteiger partial charge is 0.400 e. The molecule has 1 fully saturated rings. The van der Waals surface area contributed by atoms with Crippen LogP contribution >= 0.6 is 40.2 Å². The second-order valence-corrected chi connectivity index (χ2v) is 8.27. The van der Waals surface area contributed by atoms with Gasteiger partial charge in [-0.15, -0.1) is 12.6 Å². The van der Waals surface area contributed by atoms with E-state index in [1.54, 1.807) is 0 Å². The van der Waals surface area contributed by atoms with Crippen LogP contribution in [0.3, 0.4) is 0 Å². The van der Waals surface area contributed by atoms with E-state index in [0.29, 0.717) is 17.5 Å². The van der Waals surface area contributed by atoms with Crippen molar-refractivity contribution in [1.29, 1.82) is 0 Å². The first-order valence-corrected chi connectivity index (χ1v) is 11.0. The number of aryl methyl sites for hydroxylation is 2. The minimum atomic E-state index is 0.398. The maximum absolute atomic E-state index is 8.67. The maximum Gasteiger partial charge on any atom is 0.173 e. The quantitative estimate of drug-likeness (QED) is 0.413. The average molecular weight is 486 g/mol. The van der Waals surface area contributed by atoms with Gasteiger partial charge in [0.2, 0.25) is 0 Å². The third-order valence-corrected chi connectivity index (χ3v) is 5.89. The zero-order valence-corrected chi connectivity index (χ0v) is 19.1. The van der Waals surface area contributed by atoms with Crippen molar-refractivity contribution >= 4 is 45.8 Å². The third-order valence-electron chi connectivity index (χ3n) is 5.22. The molecule has 2 heterocycles. The van der Waals surface area contributed by atoms with E-state index in [-0.39, 0.29) is 0 Å². The third kappa shape index (κ3) is 5.80. The Bertz CT molecular complexity index is 731. The Balaban J connectivity index is 0.000000514. The lowest BCUT2D eigenvalue weighted by atomic mass is 9.77. The van der Waals surface area contributed by atoms with Crippen LogP contribution in [0.1, 0.15) is 41.1 Å². The predicted molar refractivity (Wildman–Crippen MR) is 122 cm³/mol. The monoisotopic (exact) mass is 484 g/mol. The minimum Gasteiger partial charge on any atom is -0.400 e. The molecule has 0 spiro atoms. The molecule has 0 radical (unpaired) electrons. The van der Waals surface area contributed by atoms with Gasteiger partial charge in [0.25, 0.3) is 0 Å². The van der Waals surface area contributed by atoms with E-state index >= 15 is 0 Å². The number of aromatic nitrogens is 1. The Kier molecular flexibility index (Phi) is 9.95. The van der Waals surface area contributed by atoms with Crippen molar-refractivity contribution in [3.63, 3.8) is 0 Å². The standard InChI is InChI=1S/C19H20BrClN2.CH2OS.CH4O/c20-15-9-14-2-1-13-10-16(21)3-4-17(13)18(19(14)23-11-15)12-5-7-22-8-6-12;2-1-3;1-2/h3-4,9-12,18,22H,1-2,5-8H2;1H,(H,2,3);2H,1H3. The molecule has 2 aliphatic rings. The van der Waals surface area contributed by atoms with Crippen LogP contribution in [-0.2, 0) is 17.6 Å². The van der Waals surface area contributed by atoms with Crippen molar-refractivity contribution < 1.29 is 9.90 Å². The van der Waals surface area contributed by atoms with Gasteiger partial charge in [-0.05, 0) is 95.5 Å². The molecular weight excluding hydrogens is 460 g/mol. The second-order valence-electron chi connectivity index (χ2n) is 6.71. The number of carbonyl (C=O) groups excluding carboxylic acids is 1. The lowest BCUT2D eigenvalue weighted by molar-refractivity contribution is 0.338. The van der Waals surface area contributed by atoms with Crippen LogP contribution in [0.4, 0.5) is 0 Å². The molecule has 1 aromatic heterocycles. The van der Waals surface area contributed by atoms with Gasteiger partial charge in [0.1, 0.15) is 0 Å². The summed E-state index contributed by atoms with van der Waals surface area (Å²) in [6.07, 6.45) is 6.46. The molecule has 4 nitrogen and oxygen atoms in total. The Hall–Kier alpha value is -0.920. The van der Waals surface area contributed by atoms with Crippen molar-refractivity contribution in [3.8, 4) is 0 Å². The summed E-state index contributed by atoms with van der Waals surface area (Å²) < 4.78 is 1.07. The van der Waals surface area contributed by atoms with Gasteiger partial charge < -0.3 is 10.4 Å². The first kappa shape index (κ1) is 23.4. The molecule has 2 aromatic rings. The van der Waals surface area contributed by atoms with Crippen molar-refractivity contribution in [3.05, 3.63) is 62.3 Å². The molecular formula is C21H26BrClN2O2S. The van der Waals surface area contributed by atoms with Gasteiger partial charge in [-0.25, -0.2) is 0 Å². The van der Waals surface area contributed by atoms with Crippen LogP contribution in [0.5, 0.6) is 0 Å². The lowest BCUT2D eigenvalue weighted by Gasteiger charge is -2.32. The number of hydrogen-bond donors (Lipinski definition) is 3. The number of carbonyl (C=O) groups is 1. The second kappa shape index (κ2) is 11.9. The van der Waals surface area contributed by atoms with Crippen molar-refractivity contribution in [1.82, 2.24) is 10.3 Å². The smallest absolute Gasteiger partial charge is 0.173 e. The zero-order valence-electron chi connectivity index (χ0n) is 15.9. The fourth-order valence-corrected chi connectivity index (χ4v) is 4.71. The van der Waals surface area contributed by atoms with Gasteiger partial charge in [0.15, 0.2) is 5.62 Å². The Morgan fingerprint density at radius 1 is 1.21 bits per heavy atom. The van der Waals surface area contributed by atoms with Crippen LogP contribution in [0.25, 0.3) is 0 Å². The van der Waals surface area contributed by atoms with Gasteiger partial charge in [-0.3, -0.25) is 9.78 Å². The van der Waals surface area contributed by atoms with Gasteiger partial charge in [-0.1, -0.05) is 17.7 Å². The summed E-state index contributed by atoms with van der Waals surface area (Å²) >= 11 is 13.0. The summed E-state index contributed by atoms with van der Waals surface area (Å²) in [6, 6.07) is 8.69. The summed E-state index contributed by atoms with van der Waals surface area (Å²) in [6.45, 7) is 2.21. The molecule has 0 amide bonds. The number of hydrogen-bond acceptors (Lipinski definition) is 4. The zero-order chi connectivity index (χ0) is 20.5. The number of nitrogens with zero attached hydrogens (tertiary/aromatic N) is 1. The average Bonchev–Trinajstić information content (AvgIpc) is 2.87. The molecule has 4 rings (SSSR count). The van der Waals surface area contributed by atoms with Gasteiger partial charge in [0.05, 0.1) is 5.69 Å². The van der Waals surface area contributed by atoms with E-state index in [1.807, 2.05) is 12.3 Å². The first-order chi connectivity index (χ1) is 13.6. The van der Waals surface area contributed by atoms with Crippen molar-refractivity contribution in [2.24, 2.45) is 5.92 Å². The number of halogens is 2.